The summed E-state index contributed by atoms with van der Waals surface area (Å²) in [4.78, 5) is 36.4. The second-order valence-electron chi connectivity index (χ2n) is 6.07. The molecule has 152 valence electrons. The van der Waals surface area contributed by atoms with E-state index < -0.39 is 23.9 Å². The molecule has 9 heteroatoms. The Balaban J connectivity index is 1.48. The Kier molecular flexibility index (Phi) is 6.18. The Morgan fingerprint density at radius 2 is 1.86 bits per heavy atom. The number of carbonyl (C=O) groups excluding carboxylic acids is 3. The van der Waals surface area contributed by atoms with Crippen LogP contribution in [-0.4, -0.2) is 44.3 Å². The van der Waals surface area contributed by atoms with Crippen LogP contribution in [0.5, 0.6) is 17.2 Å². The van der Waals surface area contributed by atoms with Crippen LogP contribution in [0.25, 0.3) is 0 Å². The zero-order valence-corrected chi connectivity index (χ0v) is 15.9. The van der Waals surface area contributed by atoms with Crippen LogP contribution in [0.3, 0.4) is 0 Å². The molecule has 2 aromatic carbocycles. The number of methoxy groups -OCH3 is 1. The molecule has 0 aromatic heterocycles. The molecule has 0 saturated heterocycles. The summed E-state index contributed by atoms with van der Waals surface area (Å²) in [5, 5.41) is 5.07. The van der Waals surface area contributed by atoms with Crippen molar-refractivity contribution in [1.82, 2.24) is 5.32 Å². The van der Waals surface area contributed by atoms with Gasteiger partial charge in [-0.3, -0.25) is 14.4 Å². The molecule has 1 aliphatic heterocycles. The van der Waals surface area contributed by atoms with Crippen LogP contribution in [0.2, 0.25) is 0 Å². The van der Waals surface area contributed by atoms with Crippen molar-refractivity contribution in [2.45, 2.75) is 13.0 Å². The topological polar surface area (TPSA) is 112 Å². The maximum absolute atomic E-state index is 12.2. The molecule has 0 bridgehead atoms. The summed E-state index contributed by atoms with van der Waals surface area (Å²) in [5.41, 5.74) is 0.767. The highest BCUT2D eigenvalue weighted by molar-refractivity contribution is 5.98. The average Bonchev–Trinajstić information content (AvgIpc) is 3.20. The molecule has 3 rings (SSSR count). The lowest BCUT2D eigenvalue weighted by Crippen LogP contribution is -2.35. The third-order valence-corrected chi connectivity index (χ3v) is 4.07. The van der Waals surface area contributed by atoms with Gasteiger partial charge in [0.1, 0.15) is 12.3 Å². The summed E-state index contributed by atoms with van der Waals surface area (Å²) in [5.74, 6) is -0.258. The highest BCUT2D eigenvalue weighted by atomic mass is 16.7. The van der Waals surface area contributed by atoms with Crippen LogP contribution in [0, 0.1) is 0 Å². The molecule has 0 fully saturated rings. The van der Waals surface area contributed by atoms with E-state index >= 15 is 0 Å². The van der Waals surface area contributed by atoms with Gasteiger partial charge in [-0.15, -0.1) is 0 Å². The van der Waals surface area contributed by atoms with Crippen LogP contribution in [0.4, 0.5) is 5.69 Å². The molecule has 2 aromatic rings. The van der Waals surface area contributed by atoms with E-state index in [0.29, 0.717) is 28.5 Å². The number of benzene rings is 2. The Morgan fingerprint density at radius 1 is 1.10 bits per heavy atom. The number of ether oxygens (including phenoxy) is 4. The van der Waals surface area contributed by atoms with Crippen LogP contribution in [0.1, 0.15) is 17.3 Å². The predicted molar refractivity (Wildman–Crippen MR) is 102 cm³/mol. The molecule has 0 radical (unpaired) electrons. The maximum Gasteiger partial charge on any atom is 0.326 e. The largest absolute Gasteiger partial charge is 0.495 e. The molecule has 29 heavy (non-hydrogen) atoms. The number of amides is 2. The number of fused-ring (bicyclic) bond motifs is 1. The van der Waals surface area contributed by atoms with E-state index in [9.17, 15) is 14.4 Å². The fourth-order valence-electron chi connectivity index (χ4n) is 2.57. The molecule has 1 aliphatic rings. The second-order valence-corrected chi connectivity index (χ2v) is 6.07. The van der Waals surface area contributed by atoms with Gasteiger partial charge in [0.2, 0.25) is 6.79 Å². The van der Waals surface area contributed by atoms with Crippen LogP contribution in [-0.2, 0) is 14.3 Å². The number of carbonyl (C=O) groups is 3. The Hall–Kier alpha value is -3.75. The molecule has 1 heterocycles. The van der Waals surface area contributed by atoms with Crippen molar-refractivity contribution in [3.8, 4) is 17.2 Å². The standard InChI is InChI=1S/C20H20N2O7/c1-12(19(24)22-14-5-3-4-6-15(14)26-2)29-18(23)10-21-20(25)13-7-8-16-17(9-13)28-11-27-16/h3-9,12H,10-11H2,1-2H3,(H,21,25)(H,22,24)/t12-/m1/s1. The van der Waals surface area contributed by atoms with Crippen molar-refractivity contribution >= 4 is 23.5 Å². The third kappa shape index (κ3) is 4.95. The lowest BCUT2D eigenvalue weighted by atomic mass is 10.2. The molecule has 0 spiro atoms. The van der Waals surface area contributed by atoms with Gasteiger partial charge in [-0.25, -0.2) is 0 Å². The average molecular weight is 400 g/mol. The van der Waals surface area contributed by atoms with Crippen LogP contribution < -0.4 is 24.8 Å². The molecule has 0 aliphatic carbocycles. The maximum atomic E-state index is 12.2. The van der Waals surface area contributed by atoms with Gasteiger partial charge in [0.05, 0.1) is 12.8 Å². The van der Waals surface area contributed by atoms with E-state index in [2.05, 4.69) is 10.6 Å². The minimum absolute atomic E-state index is 0.0987. The molecular formula is C20H20N2O7. The van der Waals surface area contributed by atoms with Gasteiger partial charge in [-0.05, 0) is 37.3 Å². The number of esters is 1. The van der Waals surface area contributed by atoms with E-state index in [1.807, 2.05) is 0 Å². The summed E-state index contributed by atoms with van der Waals surface area (Å²) in [6.07, 6.45) is -1.06. The van der Waals surface area contributed by atoms with Gasteiger partial charge in [0.15, 0.2) is 17.6 Å². The van der Waals surface area contributed by atoms with E-state index in [0.717, 1.165) is 0 Å². The summed E-state index contributed by atoms with van der Waals surface area (Å²) in [6, 6.07) is 11.5. The molecule has 9 nitrogen and oxygen atoms in total. The number of para-hydroxylation sites is 2. The molecule has 2 amide bonds. The fourth-order valence-corrected chi connectivity index (χ4v) is 2.57. The highest BCUT2D eigenvalue weighted by Gasteiger charge is 2.20. The van der Waals surface area contributed by atoms with Crippen molar-refractivity contribution in [1.29, 1.82) is 0 Å². The van der Waals surface area contributed by atoms with Crippen LogP contribution in [0.15, 0.2) is 42.5 Å². The monoisotopic (exact) mass is 400 g/mol. The fraction of sp³-hybridized carbons (Fsp3) is 0.250. The molecule has 0 unspecified atom stereocenters. The third-order valence-electron chi connectivity index (χ3n) is 4.07. The lowest BCUT2D eigenvalue weighted by molar-refractivity contribution is -0.152. The second kappa shape index (κ2) is 8.96. The Morgan fingerprint density at radius 3 is 2.66 bits per heavy atom. The van der Waals surface area contributed by atoms with E-state index in [4.69, 9.17) is 18.9 Å². The summed E-state index contributed by atoms with van der Waals surface area (Å²) >= 11 is 0. The van der Waals surface area contributed by atoms with Crippen molar-refractivity contribution in [2.75, 3.05) is 25.8 Å². The zero-order chi connectivity index (χ0) is 20.8. The SMILES string of the molecule is COc1ccccc1NC(=O)[C@@H](C)OC(=O)CNC(=O)c1ccc2c(c1)OCO2. The molecule has 0 saturated carbocycles. The predicted octanol–water partition coefficient (Wildman–Crippen LogP) is 1.72. The number of rotatable bonds is 7. The van der Waals surface area contributed by atoms with Gasteiger partial charge < -0.3 is 29.6 Å². The first-order chi connectivity index (χ1) is 14.0. The summed E-state index contributed by atoms with van der Waals surface area (Å²) in [7, 11) is 1.48. The zero-order valence-electron chi connectivity index (χ0n) is 15.9. The molecule has 2 N–H and O–H groups in total. The first-order valence-electron chi connectivity index (χ1n) is 8.79. The Bertz CT molecular complexity index is 929. The van der Waals surface area contributed by atoms with Crippen molar-refractivity contribution in [3.05, 3.63) is 48.0 Å². The van der Waals surface area contributed by atoms with Gasteiger partial charge in [0.25, 0.3) is 11.8 Å². The minimum Gasteiger partial charge on any atom is -0.495 e. The smallest absolute Gasteiger partial charge is 0.326 e. The lowest BCUT2D eigenvalue weighted by Gasteiger charge is -2.15. The summed E-state index contributed by atoms with van der Waals surface area (Å²) < 4.78 is 20.6. The molecular weight excluding hydrogens is 380 g/mol. The summed E-state index contributed by atoms with van der Waals surface area (Å²) in [6.45, 7) is 1.14. The normalized spacial score (nSPS) is 12.6. The number of nitrogens with one attached hydrogen (secondary N) is 2. The first kappa shape index (κ1) is 20.0. The van der Waals surface area contributed by atoms with Crippen molar-refractivity contribution in [3.63, 3.8) is 0 Å². The number of hydrogen-bond acceptors (Lipinski definition) is 7. The van der Waals surface area contributed by atoms with Crippen LogP contribution >= 0.6 is 0 Å². The van der Waals surface area contributed by atoms with Gasteiger partial charge in [-0.2, -0.15) is 0 Å². The number of hydrogen-bond donors (Lipinski definition) is 2. The molecule has 1 atom stereocenters. The van der Waals surface area contributed by atoms with E-state index in [1.165, 1.54) is 20.1 Å². The first-order valence-corrected chi connectivity index (χ1v) is 8.79. The van der Waals surface area contributed by atoms with Gasteiger partial charge >= 0.3 is 5.97 Å². The van der Waals surface area contributed by atoms with E-state index in [-0.39, 0.29) is 13.3 Å². The van der Waals surface area contributed by atoms with Gasteiger partial charge in [-0.1, -0.05) is 12.1 Å². The highest BCUT2D eigenvalue weighted by Crippen LogP contribution is 2.32. The Labute approximate surface area is 166 Å². The van der Waals surface area contributed by atoms with Gasteiger partial charge in [0, 0.05) is 5.56 Å². The minimum atomic E-state index is -1.06. The quantitative estimate of drug-likeness (QED) is 0.681. The van der Waals surface area contributed by atoms with Crippen molar-refractivity contribution < 1.29 is 33.3 Å². The van der Waals surface area contributed by atoms with Crippen molar-refractivity contribution in [2.24, 2.45) is 0 Å². The van der Waals surface area contributed by atoms with E-state index in [1.54, 1.807) is 36.4 Å². The number of anilines is 1.